The Kier molecular flexibility index (Phi) is 7.54. The van der Waals surface area contributed by atoms with E-state index in [9.17, 15) is 4.79 Å². The van der Waals surface area contributed by atoms with E-state index < -0.39 is 0 Å². The first-order chi connectivity index (χ1) is 20.4. The van der Waals surface area contributed by atoms with Gasteiger partial charge in [0, 0.05) is 35.1 Å². The fraction of sp³-hybridized carbons (Fsp3) is 0.235. The number of nitrogens with two attached hydrogens (primary N) is 2. The molecule has 0 spiro atoms. The Morgan fingerprint density at radius 3 is 2.43 bits per heavy atom. The average molecular weight is 562 g/mol. The second-order valence-corrected chi connectivity index (χ2v) is 10.9. The number of nitrogens with one attached hydrogen (secondary N) is 2. The van der Waals surface area contributed by atoms with Gasteiger partial charge in [0.05, 0.1) is 7.11 Å². The molecule has 4 aromatic carbocycles. The number of aromatic nitrogens is 1. The highest BCUT2D eigenvalue weighted by molar-refractivity contribution is 6.02. The van der Waals surface area contributed by atoms with Gasteiger partial charge in [-0.3, -0.25) is 10.2 Å². The van der Waals surface area contributed by atoms with Crippen molar-refractivity contribution in [1.29, 1.82) is 5.41 Å². The first kappa shape index (κ1) is 27.4. The van der Waals surface area contributed by atoms with E-state index in [2.05, 4.69) is 17.4 Å². The van der Waals surface area contributed by atoms with Gasteiger partial charge in [-0.25, -0.2) is 0 Å². The number of amides is 1. The lowest BCUT2D eigenvalue weighted by Gasteiger charge is -2.27. The summed E-state index contributed by atoms with van der Waals surface area (Å²) in [7, 11) is 1.62. The highest BCUT2D eigenvalue weighted by Crippen LogP contribution is 2.35. The number of fused-ring (bicyclic) bond motifs is 2. The number of amidine groups is 1. The van der Waals surface area contributed by atoms with Crippen LogP contribution in [0.15, 0.2) is 84.9 Å². The topological polar surface area (TPSA) is 128 Å². The van der Waals surface area contributed by atoms with E-state index in [-0.39, 0.29) is 23.8 Å². The van der Waals surface area contributed by atoms with Gasteiger partial charge in [-0.15, -0.1) is 0 Å². The first-order valence-corrected chi connectivity index (χ1v) is 14.3. The van der Waals surface area contributed by atoms with E-state index in [1.54, 1.807) is 7.11 Å². The van der Waals surface area contributed by atoms with Crippen LogP contribution in [0.1, 0.15) is 47.3 Å². The molecular formula is C34H35N5O3. The molecule has 5 aromatic rings. The van der Waals surface area contributed by atoms with Crippen LogP contribution in [0.3, 0.4) is 0 Å². The van der Waals surface area contributed by atoms with Crippen molar-refractivity contribution in [1.82, 2.24) is 9.88 Å². The summed E-state index contributed by atoms with van der Waals surface area (Å²) in [6, 6.07) is 27.5. The van der Waals surface area contributed by atoms with Crippen LogP contribution in [0.4, 0.5) is 0 Å². The fourth-order valence-corrected chi connectivity index (χ4v) is 5.85. The zero-order valence-electron chi connectivity index (χ0n) is 23.6. The molecule has 1 saturated carbocycles. The minimum Gasteiger partial charge on any atom is -0.493 e. The Morgan fingerprint density at radius 2 is 1.67 bits per heavy atom. The summed E-state index contributed by atoms with van der Waals surface area (Å²) < 4.78 is 13.8. The summed E-state index contributed by atoms with van der Waals surface area (Å²) in [5.74, 6) is 1.78. The van der Waals surface area contributed by atoms with Crippen LogP contribution in [-0.4, -0.2) is 35.5 Å². The third kappa shape index (κ3) is 5.53. The van der Waals surface area contributed by atoms with Crippen LogP contribution < -0.4 is 26.3 Å². The van der Waals surface area contributed by atoms with Crippen molar-refractivity contribution in [3.05, 3.63) is 102 Å². The monoisotopic (exact) mass is 561 g/mol. The Labute approximate surface area is 244 Å². The molecule has 1 fully saturated rings. The number of nitrogen functional groups attached to an aromatic ring is 1. The number of ether oxygens (including phenoxy) is 2. The molecule has 0 unspecified atom stereocenters. The van der Waals surface area contributed by atoms with Gasteiger partial charge in [0.25, 0.3) is 5.91 Å². The number of para-hydroxylation sites is 2. The SMILES string of the molecule is COc1ccccc1Oc1cc(Cn2c(C(=O)NC3CCC(N)CC3)cc3ccc(C(=N)N)cc32)c2ccccc2c1. The minimum atomic E-state index is -0.123. The third-order valence-electron chi connectivity index (χ3n) is 8.10. The number of hydrogen-bond donors (Lipinski definition) is 4. The van der Waals surface area contributed by atoms with Crippen molar-refractivity contribution in [2.45, 2.75) is 44.3 Å². The second-order valence-electron chi connectivity index (χ2n) is 10.9. The Morgan fingerprint density at radius 1 is 0.929 bits per heavy atom. The van der Waals surface area contributed by atoms with E-state index >= 15 is 0 Å². The summed E-state index contributed by atoms with van der Waals surface area (Å²) in [6.07, 6.45) is 3.55. The molecule has 1 heterocycles. The van der Waals surface area contributed by atoms with E-state index in [0.717, 1.165) is 52.9 Å². The molecule has 1 aromatic heterocycles. The predicted molar refractivity (Wildman–Crippen MR) is 167 cm³/mol. The van der Waals surface area contributed by atoms with Crippen LogP contribution in [0.2, 0.25) is 0 Å². The summed E-state index contributed by atoms with van der Waals surface area (Å²) in [4.78, 5) is 13.8. The third-order valence-corrected chi connectivity index (χ3v) is 8.10. The maximum atomic E-state index is 13.8. The van der Waals surface area contributed by atoms with Crippen molar-refractivity contribution in [2.24, 2.45) is 11.5 Å². The lowest BCUT2D eigenvalue weighted by Crippen LogP contribution is -2.41. The molecular weight excluding hydrogens is 526 g/mol. The molecule has 1 aliphatic rings. The first-order valence-electron chi connectivity index (χ1n) is 14.3. The second kappa shape index (κ2) is 11.6. The zero-order valence-corrected chi connectivity index (χ0v) is 23.6. The Bertz CT molecular complexity index is 1790. The van der Waals surface area contributed by atoms with Gasteiger partial charge in [-0.05, 0) is 78.4 Å². The van der Waals surface area contributed by atoms with Crippen LogP contribution in [0.5, 0.6) is 17.2 Å². The van der Waals surface area contributed by atoms with Gasteiger partial charge in [0.1, 0.15) is 17.3 Å². The van der Waals surface area contributed by atoms with E-state index in [1.165, 1.54) is 0 Å². The highest BCUT2D eigenvalue weighted by atomic mass is 16.5. The number of methoxy groups -OCH3 is 1. The Balaban J connectivity index is 1.43. The predicted octanol–water partition coefficient (Wildman–Crippen LogP) is 5.93. The van der Waals surface area contributed by atoms with Crippen LogP contribution in [0.25, 0.3) is 21.7 Å². The smallest absolute Gasteiger partial charge is 0.268 e. The van der Waals surface area contributed by atoms with Crippen LogP contribution in [-0.2, 0) is 6.54 Å². The molecule has 214 valence electrons. The number of carbonyl (C=O) groups excluding carboxylic acids is 1. The van der Waals surface area contributed by atoms with E-state index in [0.29, 0.717) is 35.1 Å². The van der Waals surface area contributed by atoms with Gasteiger partial charge in [-0.1, -0.05) is 48.5 Å². The molecule has 42 heavy (non-hydrogen) atoms. The lowest BCUT2D eigenvalue weighted by molar-refractivity contribution is 0.0917. The molecule has 1 amide bonds. The molecule has 6 rings (SSSR count). The molecule has 0 radical (unpaired) electrons. The molecule has 8 nitrogen and oxygen atoms in total. The maximum absolute atomic E-state index is 13.8. The molecule has 0 atom stereocenters. The van der Waals surface area contributed by atoms with E-state index in [1.807, 2.05) is 77.4 Å². The van der Waals surface area contributed by atoms with Crippen molar-refractivity contribution >= 4 is 33.4 Å². The number of benzene rings is 4. The summed E-state index contributed by atoms with van der Waals surface area (Å²) in [6.45, 7) is 0.410. The van der Waals surface area contributed by atoms with Crippen molar-refractivity contribution in [2.75, 3.05) is 7.11 Å². The highest BCUT2D eigenvalue weighted by Gasteiger charge is 2.24. The summed E-state index contributed by atoms with van der Waals surface area (Å²) >= 11 is 0. The average Bonchev–Trinajstić information content (AvgIpc) is 3.36. The lowest BCUT2D eigenvalue weighted by atomic mass is 9.92. The van der Waals surface area contributed by atoms with Crippen molar-refractivity contribution in [3.8, 4) is 17.2 Å². The molecule has 6 N–H and O–H groups in total. The van der Waals surface area contributed by atoms with Crippen LogP contribution in [0, 0.1) is 5.41 Å². The number of nitrogens with zero attached hydrogens (tertiary/aromatic N) is 1. The van der Waals surface area contributed by atoms with Gasteiger partial charge >= 0.3 is 0 Å². The van der Waals surface area contributed by atoms with Crippen molar-refractivity contribution in [3.63, 3.8) is 0 Å². The molecule has 1 aliphatic carbocycles. The number of hydrogen-bond acceptors (Lipinski definition) is 5. The molecule has 0 bridgehead atoms. The van der Waals surface area contributed by atoms with Crippen LogP contribution >= 0.6 is 0 Å². The number of carbonyl (C=O) groups is 1. The zero-order chi connectivity index (χ0) is 29.2. The summed E-state index contributed by atoms with van der Waals surface area (Å²) in [5, 5.41) is 14.2. The Hall–Kier alpha value is -4.82. The molecule has 0 aliphatic heterocycles. The summed E-state index contributed by atoms with van der Waals surface area (Å²) in [5.41, 5.74) is 14.9. The number of rotatable bonds is 8. The fourth-order valence-electron chi connectivity index (χ4n) is 5.85. The van der Waals surface area contributed by atoms with Gasteiger partial charge < -0.3 is 30.8 Å². The maximum Gasteiger partial charge on any atom is 0.268 e. The minimum absolute atomic E-state index is 0.0214. The van der Waals surface area contributed by atoms with Gasteiger partial charge in [0.15, 0.2) is 11.5 Å². The molecule has 8 heteroatoms. The van der Waals surface area contributed by atoms with Gasteiger partial charge in [-0.2, -0.15) is 0 Å². The largest absolute Gasteiger partial charge is 0.493 e. The van der Waals surface area contributed by atoms with Crippen molar-refractivity contribution < 1.29 is 14.3 Å². The normalized spacial score (nSPS) is 16.8. The van der Waals surface area contributed by atoms with Gasteiger partial charge in [0.2, 0.25) is 0 Å². The van der Waals surface area contributed by atoms with E-state index in [4.69, 9.17) is 26.4 Å². The standard InChI is InChI=1S/C34H35N5O3/c1-41-31-8-4-5-9-32(31)42-27-16-21-6-2-3-7-28(21)24(17-27)20-39-29-19-23(33(36)37)11-10-22(29)18-30(39)34(40)38-26-14-12-25(35)13-15-26/h2-11,16-19,25-26H,12-15,20,35H2,1H3,(H3,36,37)(H,38,40). The quantitative estimate of drug-likeness (QED) is 0.138. The molecule has 0 saturated heterocycles.